The van der Waals surface area contributed by atoms with E-state index in [1.807, 2.05) is 47.1 Å². The van der Waals surface area contributed by atoms with Crippen molar-refractivity contribution in [2.24, 2.45) is 0 Å². The molecule has 1 atom stereocenters. The Morgan fingerprint density at radius 3 is 2.48 bits per heavy atom. The first kappa shape index (κ1) is 19.7. The Balaban J connectivity index is 1.44. The molecule has 2 saturated heterocycles. The molecule has 3 rings (SSSR count). The summed E-state index contributed by atoms with van der Waals surface area (Å²) in [6.45, 7) is 7.29. The van der Waals surface area contributed by atoms with Crippen molar-refractivity contribution in [1.29, 1.82) is 0 Å². The number of likely N-dealkylation sites (tertiary alicyclic amines) is 1. The summed E-state index contributed by atoms with van der Waals surface area (Å²) in [6, 6.07) is 9.59. The zero-order valence-electron chi connectivity index (χ0n) is 16.3. The minimum Gasteiger partial charge on any atom is -0.492 e. The van der Waals surface area contributed by atoms with Crippen LogP contribution in [0.3, 0.4) is 0 Å². The molecule has 1 unspecified atom stereocenters. The van der Waals surface area contributed by atoms with Crippen LogP contribution >= 0.6 is 0 Å². The normalized spacial score (nSPS) is 21.1. The lowest BCUT2D eigenvalue weighted by molar-refractivity contribution is -0.148. The van der Waals surface area contributed by atoms with E-state index in [-0.39, 0.29) is 17.9 Å². The fourth-order valence-electron chi connectivity index (χ4n) is 3.90. The maximum absolute atomic E-state index is 13.0. The predicted octanol–water partition coefficient (Wildman–Crippen LogP) is 2.00. The van der Waals surface area contributed by atoms with E-state index in [0.29, 0.717) is 13.0 Å². The molecule has 1 aromatic rings. The molecule has 2 amide bonds. The lowest BCUT2D eigenvalue weighted by atomic mass is 10.00. The van der Waals surface area contributed by atoms with Crippen molar-refractivity contribution >= 4 is 11.8 Å². The lowest BCUT2D eigenvalue weighted by Gasteiger charge is -2.40. The fraction of sp³-hybridized carbons (Fsp3) is 0.619. The summed E-state index contributed by atoms with van der Waals surface area (Å²) in [5, 5.41) is 0. The van der Waals surface area contributed by atoms with E-state index in [1.165, 1.54) is 0 Å². The molecule has 148 valence electrons. The highest BCUT2D eigenvalue weighted by Crippen LogP contribution is 2.20. The van der Waals surface area contributed by atoms with Gasteiger partial charge >= 0.3 is 0 Å². The van der Waals surface area contributed by atoms with Crippen LogP contribution in [0.4, 0.5) is 0 Å². The smallest absolute Gasteiger partial charge is 0.245 e. The Kier molecular flexibility index (Phi) is 7.10. The predicted molar refractivity (Wildman–Crippen MR) is 105 cm³/mol. The van der Waals surface area contributed by atoms with Crippen LogP contribution in [0.5, 0.6) is 5.75 Å². The van der Waals surface area contributed by atoms with Crippen molar-refractivity contribution in [2.45, 2.75) is 38.6 Å². The zero-order chi connectivity index (χ0) is 19.1. The molecule has 2 aliphatic rings. The van der Waals surface area contributed by atoms with E-state index in [9.17, 15) is 9.59 Å². The number of carbonyl (C=O) groups is 2. The van der Waals surface area contributed by atoms with Gasteiger partial charge in [0, 0.05) is 45.7 Å². The zero-order valence-corrected chi connectivity index (χ0v) is 16.3. The monoisotopic (exact) mass is 373 g/mol. The van der Waals surface area contributed by atoms with Crippen LogP contribution in [-0.4, -0.2) is 78.4 Å². The molecule has 2 heterocycles. The van der Waals surface area contributed by atoms with Gasteiger partial charge in [0.25, 0.3) is 0 Å². The summed E-state index contributed by atoms with van der Waals surface area (Å²) < 4.78 is 5.76. The van der Waals surface area contributed by atoms with Crippen LogP contribution in [0.1, 0.15) is 32.6 Å². The first-order valence-corrected chi connectivity index (χ1v) is 10.2. The molecule has 6 nitrogen and oxygen atoms in total. The third kappa shape index (κ3) is 5.22. The number of amides is 2. The van der Waals surface area contributed by atoms with E-state index >= 15 is 0 Å². The van der Waals surface area contributed by atoms with Crippen molar-refractivity contribution in [3.63, 3.8) is 0 Å². The van der Waals surface area contributed by atoms with Crippen molar-refractivity contribution in [3.8, 4) is 5.75 Å². The van der Waals surface area contributed by atoms with Crippen molar-refractivity contribution < 1.29 is 14.3 Å². The van der Waals surface area contributed by atoms with Crippen LogP contribution in [0.15, 0.2) is 30.3 Å². The quantitative estimate of drug-likeness (QED) is 0.765. The van der Waals surface area contributed by atoms with E-state index in [0.717, 1.165) is 64.3 Å². The lowest BCUT2D eigenvalue weighted by Crippen LogP contribution is -2.57. The maximum atomic E-state index is 13.0. The summed E-state index contributed by atoms with van der Waals surface area (Å²) in [5.74, 6) is 1.13. The first-order valence-electron chi connectivity index (χ1n) is 10.2. The largest absolute Gasteiger partial charge is 0.492 e. The van der Waals surface area contributed by atoms with Gasteiger partial charge in [-0.25, -0.2) is 0 Å². The minimum atomic E-state index is -0.251. The molecule has 0 spiro atoms. The van der Waals surface area contributed by atoms with Crippen LogP contribution in [0.2, 0.25) is 0 Å². The van der Waals surface area contributed by atoms with Gasteiger partial charge in [-0.15, -0.1) is 0 Å². The van der Waals surface area contributed by atoms with E-state index in [1.54, 1.807) is 0 Å². The number of ether oxygens (including phenoxy) is 1. The van der Waals surface area contributed by atoms with E-state index in [2.05, 4.69) is 4.90 Å². The molecular formula is C21H31N3O3. The number of carbonyl (C=O) groups excluding carboxylic acids is 2. The molecular weight excluding hydrogens is 342 g/mol. The second kappa shape index (κ2) is 9.74. The number of piperidine rings is 1. The van der Waals surface area contributed by atoms with Gasteiger partial charge in [-0.2, -0.15) is 0 Å². The Bertz CT molecular complexity index is 614. The van der Waals surface area contributed by atoms with Crippen LogP contribution in [0, 0.1) is 0 Å². The molecule has 27 heavy (non-hydrogen) atoms. The number of hydrogen-bond acceptors (Lipinski definition) is 4. The Labute approximate surface area is 162 Å². The maximum Gasteiger partial charge on any atom is 0.245 e. The summed E-state index contributed by atoms with van der Waals surface area (Å²) >= 11 is 0. The Morgan fingerprint density at radius 1 is 1.04 bits per heavy atom. The summed E-state index contributed by atoms with van der Waals surface area (Å²) in [7, 11) is 0. The molecule has 0 aliphatic carbocycles. The average Bonchev–Trinajstić information content (AvgIpc) is 2.74. The number of hydrogen-bond donors (Lipinski definition) is 0. The van der Waals surface area contributed by atoms with Gasteiger partial charge < -0.3 is 14.5 Å². The van der Waals surface area contributed by atoms with Gasteiger partial charge in [-0.05, 0) is 31.4 Å². The molecule has 2 fully saturated rings. The van der Waals surface area contributed by atoms with Crippen LogP contribution in [0.25, 0.3) is 0 Å². The molecule has 0 N–H and O–H groups in total. The molecule has 0 aromatic heterocycles. The molecule has 2 aliphatic heterocycles. The average molecular weight is 373 g/mol. The first-order chi connectivity index (χ1) is 13.2. The fourth-order valence-corrected chi connectivity index (χ4v) is 3.90. The third-order valence-electron chi connectivity index (χ3n) is 5.51. The summed E-state index contributed by atoms with van der Waals surface area (Å²) in [4.78, 5) is 31.3. The van der Waals surface area contributed by atoms with Gasteiger partial charge in [0.05, 0.1) is 0 Å². The molecule has 0 saturated carbocycles. The number of rotatable bonds is 6. The number of nitrogens with zero attached hydrogens (tertiary/aromatic N) is 3. The molecule has 6 heteroatoms. The van der Waals surface area contributed by atoms with Gasteiger partial charge in [0.2, 0.25) is 11.8 Å². The van der Waals surface area contributed by atoms with Crippen molar-refractivity contribution in [3.05, 3.63) is 30.3 Å². The van der Waals surface area contributed by atoms with Crippen LogP contribution in [-0.2, 0) is 9.59 Å². The molecule has 0 radical (unpaired) electrons. The highest BCUT2D eigenvalue weighted by Gasteiger charge is 2.35. The Hall–Kier alpha value is -2.08. The summed E-state index contributed by atoms with van der Waals surface area (Å²) in [5.41, 5.74) is 0. The number of para-hydroxylation sites is 1. The van der Waals surface area contributed by atoms with E-state index < -0.39 is 0 Å². The molecule has 1 aromatic carbocycles. The number of benzene rings is 1. The highest BCUT2D eigenvalue weighted by molar-refractivity contribution is 5.88. The minimum absolute atomic E-state index is 0.102. The van der Waals surface area contributed by atoms with Crippen molar-refractivity contribution in [2.75, 3.05) is 45.9 Å². The SMILES string of the molecule is CCC(=O)N1CCCCC1C(=O)N1CCN(CCOc2ccccc2)CC1. The van der Waals surface area contributed by atoms with Gasteiger partial charge in [-0.1, -0.05) is 25.1 Å². The second-order valence-corrected chi connectivity index (χ2v) is 7.28. The third-order valence-corrected chi connectivity index (χ3v) is 5.51. The second-order valence-electron chi connectivity index (χ2n) is 7.28. The van der Waals surface area contributed by atoms with Crippen LogP contribution < -0.4 is 4.74 Å². The Morgan fingerprint density at radius 2 is 1.78 bits per heavy atom. The van der Waals surface area contributed by atoms with Gasteiger partial charge in [0.15, 0.2) is 0 Å². The standard InChI is InChI=1S/C21H31N3O3/c1-2-20(25)24-11-7-6-10-19(24)21(26)23-14-12-22(13-15-23)16-17-27-18-8-4-3-5-9-18/h3-5,8-9,19H,2,6-7,10-17H2,1H3. The molecule has 0 bridgehead atoms. The van der Waals surface area contributed by atoms with Crippen molar-refractivity contribution in [1.82, 2.24) is 14.7 Å². The number of piperazine rings is 1. The summed E-state index contributed by atoms with van der Waals surface area (Å²) in [6.07, 6.45) is 3.31. The highest BCUT2D eigenvalue weighted by atomic mass is 16.5. The van der Waals surface area contributed by atoms with Gasteiger partial charge in [0.1, 0.15) is 18.4 Å². The topological polar surface area (TPSA) is 53.1 Å². The van der Waals surface area contributed by atoms with E-state index in [4.69, 9.17) is 4.74 Å². The van der Waals surface area contributed by atoms with Gasteiger partial charge in [-0.3, -0.25) is 14.5 Å².